The van der Waals surface area contributed by atoms with Crippen LogP contribution in [-0.2, 0) is 19.6 Å². The molecule has 7 nitrogen and oxygen atoms in total. The summed E-state index contributed by atoms with van der Waals surface area (Å²) in [4.78, 5) is 12.4. The highest BCUT2D eigenvalue weighted by atomic mass is 35.5. The number of halogens is 2. The number of carbonyl (C=O) groups excluding carboxylic acids is 1. The van der Waals surface area contributed by atoms with Gasteiger partial charge in [-0.05, 0) is 42.0 Å². The third kappa shape index (κ3) is 5.33. The van der Waals surface area contributed by atoms with Gasteiger partial charge in [0.05, 0.1) is 41.0 Å². The quantitative estimate of drug-likeness (QED) is 0.650. The van der Waals surface area contributed by atoms with Crippen LogP contribution in [0.3, 0.4) is 0 Å². The Bertz CT molecular complexity index is 1070. The number of ether oxygens (including phenoxy) is 2. The van der Waals surface area contributed by atoms with Crippen LogP contribution in [0.15, 0.2) is 47.4 Å². The summed E-state index contributed by atoms with van der Waals surface area (Å²) in [5, 5.41) is 3.45. The lowest BCUT2D eigenvalue weighted by atomic mass is 10.2. The maximum atomic E-state index is 12.9. The molecule has 3 rings (SSSR count). The van der Waals surface area contributed by atoms with E-state index in [4.69, 9.17) is 32.7 Å². The van der Waals surface area contributed by atoms with Crippen molar-refractivity contribution < 1.29 is 22.7 Å². The van der Waals surface area contributed by atoms with E-state index in [2.05, 4.69) is 5.32 Å². The summed E-state index contributed by atoms with van der Waals surface area (Å²) in [6.45, 7) is 1.25. The number of carbonyl (C=O) groups is 1. The fraction of sp³-hybridized carbons (Fsp3) is 0.250. The van der Waals surface area contributed by atoms with Crippen LogP contribution in [0.2, 0.25) is 10.0 Å². The minimum Gasteiger partial charge on any atom is -0.495 e. The third-order valence-corrected chi connectivity index (χ3v) is 7.04. The van der Waals surface area contributed by atoms with Crippen LogP contribution in [-0.4, -0.2) is 52.0 Å². The van der Waals surface area contributed by atoms with Crippen molar-refractivity contribution in [2.45, 2.75) is 4.90 Å². The zero-order valence-electron chi connectivity index (χ0n) is 16.1. The average molecular weight is 471 g/mol. The monoisotopic (exact) mass is 470 g/mol. The number of anilines is 1. The minimum absolute atomic E-state index is 0.0639. The maximum Gasteiger partial charge on any atom is 0.248 e. The molecule has 2 aromatic rings. The second-order valence-corrected chi connectivity index (χ2v) is 9.13. The molecule has 10 heteroatoms. The Balaban J connectivity index is 1.80. The number of nitrogens with one attached hydrogen (secondary N) is 1. The Labute approximate surface area is 185 Å². The molecule has 2 aromatic carbocycles. The van der Waals surface area contributed by atoms with E-state index in [1.54, 1.807) is 24.3 Å². The average Bonchev–Trinajstić information content (AvgIpc) is 2.75. The molecule has 1 amide bonds. The van der Waals surface area contributed by atoms with Gasteiger partial charge in [0.1, 0.15) is 5.75 Å². The number of benzene rings is 2. The lowest BCUT2D eigenvalue weighted by molar-refractivity contribution is -0.111. The Morgan fingerprint density at radius 1 is 1.13 bits per heavy atom. The molecule has 0 aliphatic carbocycles. The second-order valence-electron chi connectivity index (χ2n) is 6.37. The van der Waals surface area contributed by atoms with Crippen LogP contribution >= 0.6 is 23.2 Å². The van der Waals surface area contributed by atoms with Crippen molar-refractivity contribution >= 4 is 50.9 Å². The van der Waals surface area contributed by atoms with Crippen LogP contribution in [0.4, 0.5) is 5.69 Å². The number of methoxy groups -OCH3 is 1. The minimum atomic E-state index is -3.71. The smallest absolute Gasteiger partial charge is 0.248 e. The molecule has 1 saturated heterocycles. The standard InChI is InChI=1S/C20H20Cl2N2O5S/c1-28-19-6-4-15(30(26,27)24-8-10-29-11-9-24)13-18(19)23-20(25)7-3-14-2-5-16(21)17(22)12-14/h2-7,12-13H,8-11H2,1H3,(H,23,25). The largest absolute Gasteiger partial charge is 0.495 e. The van der Waals surface area contributed by atoms with Crippen molar-refractivity contribution in [1.29, 1.82) is 0 Å². The summed E-state index contributed by atoms with van der Waals surface area (Å²) in [6.07, 6.45) is 2.88. The molecule has 1 heterocycles. The van der Waals surface area contributed by atoms with E-state index < -0.39 is 15.9 Å². The van der Waals surface area contributed by atoms with E-state index in [0.717, 1.165) is 0 Å². The van der Waals surface area contributed by atoms with Gasteiger partial charge in [-0.3, -0.25) is 4.79 Å². The fourth-order valence-corrected chi connectivity index (χ4v) is 4.58. The molecule has 0 unspecified atom stereocenters. The Morgan fingerprint density at radius 2 is 1.87 bits per heavy atom. The fourth-order valence-electron chi connectivity index (χ4n) is 2.84. The zero-order valence-corrected chi connectivity index (χ0v) is 18.4. The third-order valence-electron chi connectivity index (χ3n) is 4.41. The van der Waals surface area contributed by atoms with Gasteiger partial charge in [-0.25, -0.2) is 8.42 Å². The molecule has 0 atom stereocenters. The van der Waals surface area contributed by atoms with Gasteiger partial charge in [0.15, 0.2) is 0 Å². The summed E-state index contributed by atoms with van der Waals surface area (Å²) in [6, 6.07) is 9.31. The van der Waals surface area contributed by atoms with Gasteiger partial charge in [-0.1, -0.05) is 29.3 Å². The van der Waals surface area contributed by atoms with Crippen molar-refractivity contribution in [1.82, 2.24) is 4.31 Å². The van der Waals surface area contributed by atoms with E-state index in [1.165, 1.54) is 35.7 Å². The summed E-state index contributed by atoms with van der Waals surface area (Å²) in [7, 11) is -2.27. The molecule has 0 bridgehead atoms. The molecular weight excluding hydrogens is 451 g/mol. The van der Waals surface area contributed by atoms with Gasteiger partial charge in [0.2, 0.25) is 15.9 Å². The molecule has 1 fully saturated rings. The van der Waals surface area contributed by atoms with Gasteiger partial charge in [-0.15, -0.1) is 0 Å². The molecular formula is C20H20Cl2N2O5S. The molecule has 0 radical (unpaired) electrons. The van der Waals surface area contributed by atoms with E-state index in [9.17, 15) is 13.2 Å². The summed E-state index contributed by atoms with van der Waals surface area (Å²) >= 11 is 11.9. The van der Waals surface area contributed by atoms with E-state index >= 15 is 0 Å². The molecule has 1 N–H and O–H groups in total. The van der Waals surface area contributed by atoms with Crippen LogP contribution in [0.1, 0.15) is 5.56 Å². The van der Waals surface area contributed by atoms with Crippen molar-refractivity contribution in [3.8, 4) is 5.75 Å². The first-order valence-electron chi connectivity index (χ1n) is 9.01. The van der Waals surface area contributed by atoms with Crippen LogP contribution in [0.25, 0.3) is 6.08 Å². The van der Waals surface area contributed by atoms with Crippen LogP contribution in [0.5, 0.6) is 5.75 Å². The first-order chi connectivity index (χ1) is 14.3. The summed E-state index contributed by atoms with van der Waals surface area (Å²) < 4.78 is 37.6. The number of rotatable bonds is 6. The number of hydrogen-bond acceptors (Lipinski definition) is 5. The molecule has 1 aliphatic heterocycles. The SMILES string of the molecule is COc1ccc(S(=O)(=O)N2CCOCC2)cc1NC(=O)C=Cc1ccc(Cl)c(Cl)c1. The molecule has 1 aliphatic rings. The maximum absolute atomic E-state index is 12.9. The predicted molar refractivity (Wildman–Crippen MR) is 117 cm³/mol. The van der Waals surface area contributed by atoms with Gasteiger partial charge in [0.25, 0.3) is 0 Å². The normalized spacial score (nSPS) is 15.3. The molecule has 0 spiro atoms. The lowest BCUT2D eigenvalue weighted by Gasteiger charge is -2.26. The van der Waals surface area contributed by atoms with Gasteiger partial charge in [0, 0.05) is 19.2 Å². The molecule has 0 aromatic heterocycles. The van der Waals surface area contributed by atoms with Crippen LogP contribution in [0, 0.1) is 0 Å². The highest BCUT2D eigenvalue weighted by molar-refractivity contribution is 7.89. The van der Waals surface area contributed by atoms with Crippen molar-refractivity contribution in [3.05, 3.63) is 58.1 Å². The van der Waals surface area contributed by atoms with Crippen molar-refractivity contribution in [3.63, 3.8) is 0 Å². The summed E-state index contributed by atoms with van der Waals surface area (Å²) in [5.74, 6) is -0.118. The Hall–Kier alpha value is -2.10. The molecule has 30 heavy (non-hydrogen) atoms. The van der Waals surface area contributed by atoms with Gasteiger partial charge in [-0.2, -0.15) is 4.31 Å². The molecule has 0 saturated carbocycles. The highest BCUT2D eigenvalue weighted by Crippen LogP contribution is 2.29. The number of amides is 1. The number of hydrogen-bond donors (Lipinski definition) is 1. The van der Waals surface area contributed by atoms with Crippen LogP contribution < -0.4 is 10.1 Å². The number of nitrogens with zero attached hydrogens (tertiary/aromatic N) is 1. The first-order valence-corrected chi connectivity index (χ1v) is 11.2. The van der Waals surface area contributed by atoms with Gasteiger partial charge < -0.3 is 14.8 Å². The number of sulfonamides is 1. The predicted octanol–water partition coefficient (Wildman–Crippen LogP) is 3.67. The Kier molecular flexibility index (Phi) is 7.38. The van der Waals surface area contributed by atoms with E-state index in [1.807, 2.05) is 0 Å². The van der Waals surface area contributed by atoms with Crippen molar-refractivity contribution in [2.75, 3.05) is 38.7 Å². The number of morpholine rings is 1. The van der Waals surface area contributed by atoms with Crippen molar-refractivity contribution in [2.24, 2.45) is 0 Å². The Morgan fingerprint density at radius 3 is 2.53 bits per heavy atom. The zero-order chi connectivity index (χ0) is 21.7. The van der Waals surface area contributed by atoms with Gasteiger partial charge >= 0.3 is 0 Å². The molecule has 160 valence electrons. The lowest BCUT2D eigenvalue weighted by Crippen LogP contribution is -2.40. The van der Waals surface area contributed by atoms with E-state index in [0.29, 0.717) is 34.6 Å². The van der Waals surface area contributed by atoms with E-state index in [-0.39, 0.29) is 23.7 Å². The first kappa shape index (κ1) is 22.6. The highest BCUT2D eigenvalue weighted by Gasteiger charge is 2.27. The second kappa shape index (κ2) is 9.80. The topological polar surface area (TPSA) is 84.9 Å². The summed E-state index contributed by atoms with van der Waals surface area (Å²) in [5.41, 5.74) is 0.936.